The van der Waals surface area contributed by atoms with Crippen LogP contribution >= 0.6 is 0 Å². The summed E-state index contributed by atoms with van der Waals surface area (Å²) in [5.74, 6) is 3.63. The lowest BCUT2D eigenvalue weighted by Crippen LogP contribution is -2.34. The van der Waals surface area contributed by atoms with Crippen LogP contribution in [0.5, 0.6) is 11.5 Å². The molecule has 0 fully saturated rings. The van der Waals surface area contributed by atoms with E-state index >= 15 is 0 Å². The molecule has 264 valence electrons. The second-order valence-electron chi connectivity index (χ2n) is 14.0. The first-order valence-corrected chi connectivity index (χ1v) is 18.9. The lowest BCUT2D eigenvalue weighted by Gasteiger charge is -2.42. The zero-order valence-electron chi connectivity index (χ0n) is 30.5. The van der Waals surface area contributed by atoms with Crippen LogP contribution in [-0.4, -0.2) is 15.0 Å². The molecule has 0 radical (unpaired) electrons. The van der Waals surface area contributed by atoms with E-state index in [1.807, 2.05) is 72.8 Å². The molecular formula is C52H35N3O. The molecule has 2 heterocycles. The van der Waals surface area contributed by atoms with E-state index in [-0.39, 0.29) is 0 Å². The number of hydrogen-bond donors (Lipinski definition) is 0. The molecule has 1 aliphatic rings. The van der Waals surface area contributed by atoms with Crippen molar-refractivity contribution >= 4 is 0 Å². The zero-order valence-corrected chi connectivity index (χ0v) is 30.5. The molecule has 0 amide bonds. The minimum absolute atomic E-state index is 0.628. The van der Waals surface area contributed by atoms with Crippen molar-refractivity contribution in [2.24, 2.45) is 0 Å². The average molecular weight is 718 g/mol. The minimum atomic E-state index is -0.634. The molecule has 0 saturated carbocycles. The second-order valence-corrected chi connectivity index (χ2v) is 14.0. The molecule has 1 aliphatic heterocycles. The third-order valence-electron chi connectivity index (χ3n) is 10.7. The highest BCUT2D eigenvalue weighted by molar-refractivity contribution is 5.81. The monoisotopic (exact) mass is 717 g/mol. The number of benzene rings is 8. The molecule has 10 rings (SSSR count). The van der Waals surface area contributed by atoms with Crippen LogP contribution < -0.4 is 4.74 Å². The summed E-state index contributed by atoms with van der Waals surface area (Å²) in [7, 11) is 0. The molecule has 56 heavy (non-hydrogen) atoms. The van der Waals surface area contributed by atoms with Gasteiger partial charge in [0, 0.05) is 27.8 Å². The molecule has 0 bridgehead atoms. The van der Waals surface area contributed by atoms with Crippen molar-refractivity contribution in [3.05, 3.63) is 235 Å². The lowest BCUT2D eigenvalue weighted by molar-refractivity contribution is 0.434. The van der Waals surface area contributed by atoms with Crippen molar-refractivity contribution in [2.75, 3.05) is 0 Å². The van der Waals surface area contributed by atoms with Crippen LogP contribution in [0.25, 0.3) is 56.4 Å². The van der Waals surface area contributed by atoms with Crippen LogP contribution in [0.2, 0.25) is 0 Å². The van der Waals surface area contributed by atoms with E-state index in [4.69, 9.17) is 19.7 Å². The molecule has 0 saturated heterocycles. The van der Waals surface area contributed by atoms with E-state index in [1.54, 1.807) is 0 Å². The highest BCUT2D eigenvalue weighted by Crippen LogP contribution is 2.56. The molecule has 0 atom stereocenters. The fourth-order valence-electron chi connectivity index (χ4n) is 8.14. The highest BCUT2D eigenvalue weighted by atomic mass is 16.5. The summed E-state index contributed by atoms with van der Waals surface area (Å²) >= 11 is 0. The normalized spacial score (nSPS) is 12.6. The summed E-state index contributed by atoms with van der Waals surface area (Å²) in [6, 6.07) is 74.1. The Hall–Kier alpha value is -7.43. The van der Waals surface area contributed by atoms with Crippen molar-refractivity contribution in [2.45, 2.75) is 5.41 Å². The number of rotatable bonds is 7. The Morgan fingerprint density at radius 2 is 0.696 bits per heavy atom. The van der Waals surface area contributed by atoms with Crippen LogP contribution in [0.15, 0.2) is 212 Å². The molecule has 9 aromatic rings. The van der Waals surface area contributed by atoms with Crippen LogP contribution in [0.3, 0.4) is 0 Å². The first-order valence-electron chi connectivity index (χ1n) is 18.9. The van der Waals surface area contributed by atoms with Gasteiger partial charge in [0.25, 0.3) is 0 Å². The Labute approximate surface area is 326 Å². The van der Waals surface area contributed by atoms with E-state index in [9.17, 15) is 0 Å². The molecule has 8 aromatic carbocycles. The van der Waals surface area contributed by atoms with Crippen LogP contribution in [-0.2, 0) is 5.41 Å². The zero-order chi connectivity index (χ0) is 37.3. The van der Waals surface area contributed by atoms with E-state index in [1.165, 1.54) is 11.1 Å². The SMILES string of the molecule is c1ccc(-c2nc(-c3ccccc3)nc(-c3cccc(-c4cccc(-c5ccccc5C5(c6ccccc6)c6ccccc6Oc6ccccc65)c4)c3)n2)cc1. The van der Waals surface area contributed by atoms with Crippen molar-refractivity contribution in [3.8, 4) is 67.9 Å². The van der Waals surface area contributed by atoms with Gasteiger partial charge in [0.05, 0.1) is 5.41 Å². The summed E-state index contributed by atoms with van der Waals surface area (Å²) in [6.07, 6.45) is 0. The lowest BCUT2D eigenvalue weighted by atomic mass is 9.62. The van der Waals surface area contributed by atoms with Gasteiger partial charge in [0.15, 0.2) is 17.5 Å². The van der Waals surface area contributed by atoms with E-state index in [2.05, 4.69) is 140 Å². The second kappa shape index (κ2) is 14.1. The standard InChI is InChI=1S/C52H35N3O/c1-4-18-36(19-5-1)49-53-50(37-20-6-2-7-21-37)55-51(54-49)41-25-17-23-39(35-41)38-22-16-24-40(34-38)43-28-10-11-29-44(43)52(42-26-8-3-9-27-42)45-30-12-14-32-47(45)56-48-33-15-13-31-46(48)52/h1-35H. The predicted molar refractivity (Wildman–Crippen MR) is 225 cm³/mol. The van der Waals surface area contributed by atoms with Crippen molar-refractivity contribution in [3.63, 3.8) is 0 Å². The quantitative estimate of drug-likeness (QED) is 0.165. The topological polar surface area (TPSA) is 47.9 Å². The first kappa shape index (κ1) is 33.2. The van der Waals surface area contributed by atoms with Gasteiger partial charge in [-0.15, -0.1) is 0 Å². The Morgan fingerprint density at radius 1 is 0.304 bits per heavy atom. The molecule has 0 aliphatic carbocycles. The Balaban J connectivity index is 1.12. The van der Waals surface area contributed by atoms with E-state index in [0.717, 1.165) is 61.6 Å². The molecular weight excluding hydrogens is 683 g/mol. The van der Waals surface area contributed by atoms with E-state index < -0.39 is 5.41 Å². The molecule has 0 N–H and O–H groups in total. The smallest absolute Gasteiger partial charge is 0.164 e. The fourth-order valence-corrected chi connectivity index (χ4v) is 8.14. The van der Waals surface area contributed by atoms with E-state index in [0.29, 0.717) is 17.5 Å². The number of hydrogen-bond acceptors (Lipinski definition) is 4. The van der Waals surface area contributed by atoms with Gasteiger partial charge >= 0.3 is 0 Å². The van der Waals surface area contributed by atoms with Crippen molar-refractivity contribution < 1.29 is 4.74 Å². The Morgan fingerprint density at radius 3 is 1.27 bits per heavy atom. The minimum Gasteiger partial charge on any atom is -0.457 e. The number of ether oxygens (including phenoxy) is 1. The van der Waals surface area contributed by atoms with Gasteiger partial charge in [-0.1, -0.05) is 188 Å². The predicted octanol–water partition coefficient (Wildman–Crippen LogP) is 12.7. The number of para-hydroxylation sites is 2. The van der Waals surface area contributed by atoms with Gasteiger partial charge in [-0.3, -0.25) is 0 Å². The number of fused-ring (bicyclic) bond motifs is 2. The summed E-state index contributed by atoms with van der Waals surface area (Å²) in [5, 5.41) is 0. The van der Waals surface area contributed by atoms with Gasteiger partial charge in [0.2, 0.25) is 0 Å². The first-order chi connectivity index (χ1) is 27.8. The van der Waals surface area contributed by atoms with Gasteiger partial charge < -0.3 is 4.74 Å². The number of aromatic nitrogens is 3. The largest absolute Gasteiger partial charge is 0.457 e. The van der Waals surface area contributed by atoms with Crippen LogP contribution in [0.4, 0.5) is 0 Å². The summed E-state index contributed by atoms with van der Waals surface area (Å²) < 4.78 is 6.60. The maximum absolute atomic E-state index is 6.60. The maximum atomic E-state index is 6.60. The van der Waals surface area contributed by atoms with Crippen molar-refractivity contribution in [1.82, 2.24) is 15.0 Å². The van der Waals surface area contributed by atoms with Gasteiger partial charge in [-0.25, -0.2) is 15.0 Å². The summed E-state index contributed by atoms with van der Waals surface area (Å²) in [4.78, 5) is 14.9. The summed E-state index contributed by atoms with van der Waals surface area (Å²) in [5.41, 5.74) is 11.2. The van der Waals surface area contributed by atoms with Crippen molar-refractivity contribution in [1.29, 1.82) is 0 Å². The van der Waals surface area contributed by atoms with Gasteiger partial charge in [-0.05, 0) is 57.6 Å². The summed E-state index contributed by atoms with van der Waals surface area (Å²) in [6.45, 7) is 0. The van der Waals surface area contributed by atoms with Crippen LogP contribution in [0, 0.1) is 0 Å². The van der Waals surface area contributed by atoms with Gasteiger partial charge in [-0.2, -0.15) is 0 Å². The average Bonchev–Trinajstić information content (AvgIpc) is 3.29. The number of nitrogens with zero attached hydrogens (tertiary/aromatic N) is 3. The highest BCUT2D eigenvalue weighted by Gasteiger charge is 2.46. The van der Waals surface area contributed by atoms with Crippen LogP contribution in [0.1, 0.15) is 22.3 Å². The fraction of sp³-hybridized carbons (Fsp3) is 0.0192. The third-order valence-corrected chi connectivity index (χ3v) is 10.7. The molecule has 0 spiro atoms. The molecule has 1 aromatic heterocycles. The maximum Gasteiger partial charge on any atom is 0.164 e. The molecule has 0 unspecified atom stereocenters. The third kappa shape index (κ3) is 5.76. The van der Waals surface area contributed by atoms with Gasteiger partial charge in [0.1, 0.15) is 11.5 Å². The molecule has 4 nitrogen and oxygen atoms in total. The Kier molecular flexibility index (Phi) is 8.34. The molecule has 4 heteroatoms. The Bertz CT molecular complexity index is 2730.